The third-order valence-corrected chi connectivity index (χ3v) is 4.74. The third kappa shape index (κ3) is 4.18. The average Bonchev–Trinajstić information content (AvgIpc) is 3.19. The highest BCUT2D eigenvalue weighted by molar-refractivity contribution is 6.33. The maximum Gasteiger partial charge on any atom is 0.339 e. The SMILES string of the molecule is Cc1ccc(-c2cc(C(=O)OCC(=O)Nc3ccccc3Cl)c3ccccc3n2)o1. The molecule has 2 heterocycles. The van der Waals surface area contributed by atoms with Crippen molar-refractivity contribution in [2.24, 2.45) is 0 Å². The molecule has 0 saturated heterocycles. The van der Waals surface area contributed by atoms with Crippen LogP contribution in [0.2, 0.25) is 5.02 Å². The Morgan fingerprint density at radius 3 is 2.60 bits per heavy atom. The summed E-state index contributed by atoms with van der Waals surface area (Å²) in [5.74, 6) is 0.160. The van der Waals surface area contributed by atoms with Gasteiger partial charge in [-0.3, -0.25) is 4.79 Å². The number of pyridine rings is 1. The zero-order valence-electron chi connectivity index (χ0n) is 16.0. The molecule has 7 heteroatoms. The van der Waals surface area contributed by atoms with Crippen molar-refractivity contribution in [3.63, 3.8) is 0 Å². The fourth-order valence-electron chi connectivity index (χ4n) is 3.00. The number of nitrogens with one attached hydrogen (secondary N) is 1. The van der Waals surface area contributed by atoms with Crippen LogP contribution < -0.4 is 5.32 Å². The number of para-hydroxylation sites is 2. The minimum atomic E-state index is -0.632. The highest BCUT2D eigenvalue weighted by Crippen LogP contribution is 2.27. The number of halogens is 1. The molecule has 0 aliphatic heterocycles. The van der Waals surface area contributed by atoms with Gasteiger partial charge in [-0.25, -0.2) is 9.78 Å². The molecule has 30 heavy (non-hydrogen) atoms. The first-order valence-corrected chi connectivity index (χ1v) is 9.57. The molecule has 4 aromatic rings. The molecule has 4 rings (SSSR count). The number of benzene rings is 2. The van der Waals surface area contributed by atoms with Crippen LogP contribution in [0.3, 0.4) is 0 Å². The summed E-state index contributed by atoms with van der Waals surface area (Å²) in [4.78, 5) is 29.5. The number of carbonyl (C=O) groups is 2. The number of nitrogens with zero attached hydrogens (tertiary/aromatic N) is 1. The maximum absolute atomic E-state index is 12.8. The molecule has 0 aliphatic rings. The van der Waals surface area contributed by atoms with Crippen LogP contribution in [0, 0.1) is 6.92 Å². The summed E-state index contributed by atoms with van der Waals surface area (Å²) in [7, 11) is 0. The van der Waals surface area contributed by atoms with E-state index in [2.05, 4.69) is 10.3 Å². The van der Waals surface area contributed by atoms with E-state index in [1.807, 2.05) is 25.1 Å². The van der Waals surface area contributed by atoms with Crippen molar-refractivity contribution in [1.29, 1.82) is 0 Å². The second-order valence-electron chi connectivity index (χ2n) is 6.59. The van der Waals surface area contributed by atoms with Gasteiger partial charge < -0.3 is 14.5 Å². The molecule has 2 aromatic carbocycles. The molecule has 150 valence electrons. The lowest BCUT2D eigenvalue weighted by Crippen LogP contribution is -2.21. The minimum absolute atomic E-state index is 0.301. The van der Waals surface area contributed by atoms with Crippen LogP contribution in [0.4, 0.5) is 5.69 Å². The normalized spacial score (nSPS) is 10.7. The van der Waals surface area contributed by atoms with Crippen molar-refractivity contribution < 1.29 is 18.7 Å². The van der Waals surface area contributed by atoms with E-state index >= 15 is 0 Å². The van der Waals surface area contributed by atoms with Gasteiger partial charge in [0.05, 0.1) is 21.8 Å². The molecular formula is C23H17ClN2O4. The van der Waals surface area contributed by atoms with Crippen molar-refractivity contribution in [3.05, 3.63) is 83.1 Å². The zero-order valence-corrected chi connectivity index (χ0v) is 16.8. The van der Waals surface area contributed by atoms with E-state index < -0.39 is 18.5 Å². The van der Waals surface area contributed by atoms with Crippen LogP contribution >= 0.6 is 11.6 Å². The number of ether oxygens (including phenoxy) is 1. The van der Waals surface area contributed by atoms with E-state index in [0.29, 0.717) is 38.6 Å². The lowest BCUT2D eigenvalue weighted by atomic mass is 10.1. The number of aryl methyl sites for hydroxylation is 1. The van der Waals surface area contributed by atoms with Gasteiger partial charge in [0.15, 0.2) is 12.4 Å². The van der Waals surface area contributed by atoms with Gasteiger partial charge in [0.2, 0.25) is 0 Å². The number of anilines is 1. The number of rotatable bonds is 5. The van der Waals surface area contributed by atoms with Crippen LogP contribution in [0.25, 0.3) is 22.4 Å². The number of amides is 1. The molecular weight excluding hydrogens is 404 g/mol. The zero-order chi connectivity index (χ0) is 21.1. The third-order valence-electron chi connectivity index (χ3n) is 4.41. The molecule has 0 spiro atoms. The van der Waals surface area contributed by atoms with E-state index in [4.69, 9.17) is 20.8 Å². The molecule has 0 aliphatic carbocycles. The number of fused-ring (bicyclic) bond motifs is 1. The molecule has 0 saturated carbocycles. The van der Waals surface area contributed by atoms with E-state index in [0.717, 1.165) is 5.76 Å². The Hall–Kier alpha value is -3.64. The van der Waals surface area contributed by atoms with Crippen LogP contribution in [-0.2, 0) is 9.53 Å². The van der Waals surface area contributed by atoms with Crippen molar-refractivity contribution in [3.8, 4) is 11.5 Å². The van der Waals surface area contributed by atoms with E-state index in [9.17, 15) is 9.59 Å². The predicted molar refractivity (Wildman–Crippen MR) is 115 cm³/mol. The van der Waals surface area contributed by atoms with Gasteiger partial charge in [-0.15, -0.1) is 0 Å². The Morgan fingerprint density at radius 2 is 1.83 bits per heavy atom. The Balaban J connectivity index is 1.56. The molecule has 1 N–H and O–H groups in total. The lowest BCUT2D eigenvalue weighted by Gasteiger charge is -2.10. The average molecular weight is 421 g/mol. The van der Waals surface area contributed by atoms with Gasteiger partial charge in [0.1, 0.15) is 11.5 Å². The largest absolute Gasteiger partial charge is 0.460 e. The van der Waals surface area contributed by atoms with Gasteiger partial charge in [-0.1, -0.05) is 41.9 Å². The number of furan rings is 1. The minimum Gasteiger partial charge on any atom is -0.460 e. The Bertz CT molecular complexity index is 1250. The first-order valence-electron chi connectivity index (χ1n) is 9.19. The van der Waals surface area contributed by atoms with Crippen molar-refractivity contribution >= 4 is 40.1 Å². The fourth-order valence-corrected chi connectivity index (χ4v) is 3.18. The Labute approximate surface area is 177 Å². The van der Waals surface area contributed by atoms with Gasteiger partial charge in [-0.05, 0) is 43.3 Å². The van der Waals surface area contributed by atoms with Gasteiger partial charge in [-0.2, -0.15) is 0 Å². The van der Waals surface area contributed by atoms with Gasteiger partial charge >= 0.3 is 5.97 Å². The quantitative estimate of drug-likeness (QED) is 0.446. The van der Waals surface area contributed by atoms with Crippen LogP contribution in [0.15, 0.2) is 71.1 Å². The molecule has 6 nitrogen and oxygen atoms in total. The predicted octanol–water partition coefficient (Wildman–Crippen LogP) is 5.25. The summed E-state index contributed by atoms with van der Waals surface area (Å²) in [6.45, 7) is 1.38. The standard InChI is InChI=1S/C23H17ClN2O4/c1-14-10-11-21(30-14)20-12-16(15-6-2-4-8-18(15)25-20)23(28)29-13-22(27)26-19-9-5-3-7-17(19)24/h2-12H,13H2,1H3,(H,26,27). The van der Waals surface area contributed by atoms with E-state index in [-0.39, 0.29) is 0 Å². The van der Waals surface area contributed by atoms with E-state index in [1.165, 1.54) is 0 Å². The molecule has 0 radical (unpaired) electrons. The molecule has 0 atom stereocenters. The van der Waals surface area contributed by atoms with Crippen molar-refractivity contribution in [2.45, 2.75) is 6.92 Å². The van der Waals surface area contributed by atoms with Crippen LogP contribution in [0.5, 0.6) is 0 Å². The molecule has 0 fully saturated rings. The van der Waals surface area contributed by atoms with Crippen LogP contribution in [-0.4, -0.2) is 23.5 Å². The summed E-state index contributed by atoms with van der Waals surface area (Å²) < 4.78 is 10.9. The summed E-state index contributed by atoms with van der Waals surface area (Å²) >= 11 is 6.03. The molecule has 0 bridgehead atoms. The topological polar surface area (TPSA) is 81.4 Å². The maximum atomic E-state index is 12.8. The van der Waals surface area contributed by atoms with E-state index in [1.54, 1.807) is 48.5 Å². The molecule has 2 aromatic heterocycles. The summed E-state index contributed by atoms with van der Waals surface area (Å²) in [5.41, 5.74) is 1.88. The van der Waals surface area contributed by atoms with Crippen LogP contribution in [0.1, 0.15) is 16.1 Å². The Kier molecular flexibility index (Phi) is 5.50. The highest BCUT2D eigenvalue weighted by atomic mass is 35.5. The monoisotopic (exact) mass is 420 g/mol. The van der Waals surface area contributed by atoms with Gasteiger partial charge in [0, 0.05) is 5.39 Å². The lowest BCUT2D eigenvalue weighted by molar-refractivity contribution is -0.119. The fraction of sp³-hybridized carbons (Fsp3) is 0.0870. The summed E-state index contributed by atoms with van der Waals surface area (Å²) in [6, 6.07) is 19.3. The number of hydrogen-bond donors (Lipinski definition) is 1. The second-order valence-corrected chi connectivity index (χ2v) is 6.99. The number of hydrogen-bond acceptors (Lipinski definition) is 5. The van der Waals surface area contributed by atoms with Crippen molar-refractivity contribution in [1.82, 2.24) is 4.98 Å². The summed E-state index contributed by atoms with van der Waals surface area (Å²) in [5, 5.41) is 3.64. The Morgan fingerprint density at radius 1 is 1.07 bits per heavy atom. The number of carbonyl (C=O) groups excluding carboxylic acids is 2. The van der Waals surface area contributed by atoms with Gasteiger partial charge in [0.25, 0.3) is 5.91 Å². The second kappa shape index (κ2) is 8.39. The smallest absolute Gasteiger partial charge is 0.339 e. The number of aromatic nitrogens is 1. The number of esters is 1. The van der Waals surface area contributed by atoms with Crippen molar-refractivity contribution in [2.75, 3.05) is 11.9 Å². The highest BCUT2D eigenvalue weighted by Gasteiger charge is 2.18. The molecule has 0 unspecified atom stereocenters. The summed E-state index contributed by atoms with van der Waals surface area (Å²) in [6.07, 6.45) is 0. The molecule has 1 amide bonds. The first-order chi connectivity index (χ1) is 14.5. The first kappa shape index (κ1) is 19.7.